The van der Waals surface area contributed by atoms with E-state index in [4.69, 9.17) is 5.73 Å². The number of nitrogens with two attached hydrogens (primary N) is 1. The highest BCUT2D eigenvalue weighted by atomic mass is 35.5. The number of rotatable bonds is 1. The number of carbonyl (C=O) groups excluding carboxylic acids is 1. The Kier molecular flexibility index (Phi) is 6.14. The Labute approximate surface area is 118 Å². The minimum atomic E-state index is -4.23. The molecule has 3 nitrogen and oxygen atoms in total. The molecule has 0 bridgehead atoms. The molecule has 2 N–H and O–H groups in total. The highest BCUT2D eigenvalue weighted by molar-refractivity contribution is 5.85. The molecule has 1 amide bonds. The lowest BCUT2D eigenvalue weighted by atomic mass is 9.85. The molecule has 0 aromatic heterocycles. The van der Waals surface area contributed by atoms with Gasteiger partial charge in [-0.3, -0.25) is 4.79 Å². The van der Waals surface area contributed by atoms with Crippen LogP contribution in [0.15, 0.2) is 0 Å². The zero-order valence-corrected chi connectivity index (χ0v) is 12.3. The Morgan fingerprint density at radius 2 is 1.84 bits per heavy atom. The summed E-state index contributed by atoms with van der Waals surface area (Å²) in [5, 5.41) is 0. The lowest BCUT2D eigenvalue weighted by Gasteiger charge is -2.37. The largest absolute Gasteiger partial charge is 0.393 e. The number of likely N-dealkylation sites (tertiary alicyclic amines) is 1. The van der Waals surface area contributed by atoms with Gasteiger partial charge in [-0.05, 0) is 18.3 Å². The van der Waals surface area contributed by atoms with Crippen molar-refractivity contribution in [1.29, 1.82) is 0 Å². The first-order chi connectivity index (χ1) is 8.03. The second-order valence-corrected chi connectivity index (χ2v) is 6.01. The molecule has 0 radical (unpaired) electrons. The molecule has 0 aliphatic carbocycles. The van der Waals surface area contributed by atoms with Crippen LogP contribution in [0.1, 0.15) is 33.6 Å². The van der Waals surface area contributed by atoms with Crippen molar-refractivity contribution in [2.24, 2.45) is 17.1 Å². The fourth-order valence-corrected chi connectivity index (χ4v) is 2.01. The molecule has 0 aromatic rings. The van der Waals surface area contributed by atoms with E-state index in [1.807, 2.05) is 0 Å². The van der Waals surface area contributed by atoms with Crippen molar-refractivity contribution in [2.45, 2.75) is 45.8 Å². The van der Waals surface area contributed by atoms with Gasteiger partial charge in [0.05, 0.1) is 12.0 Å². The van der Waals surface area contributed by atoms with Crippen LogP contribution in [0.2, 0.25) is 0 Å². The molecule has 19 heavy (non-hydrogen) atoms. The second-order valence-electron chi connectivity index (χ2n) is 6.01. The van der Waals surface area contributed by atoms with E-state index in [0.717, 1.165) is 0 Å². The van der Waals surface area contributed by atoms with E-state index in [1.165, 1.54) is 4.90 Å². The summed E-state index contributed by atoms with van der Waals surface area (Å²) >= 11 is 0. The van der Waals surface area contributed by atoms with E-state index < -0.39 is 23.6 Å². The highest BCUT2D eigenvalue weighted by Gasteiger charge is 2.43. The molecule has 0 aromatic carbocycles. The molecule has 114 valence electrons. The van der Waals surface area contributed by atoms with Gasteiger partial charge in [0.1, 0.15) is 0 Å². The highest BCUT2D eigenvalue weighted by Crippen LogP contribution is 2.33. The van der Waals surface area contributed by atoms with E-state index in [0.29, 0.717) is 13.0 Å². The normalized spacial score (nSPS) is 22.7. The minimum Gasteiger partial charge on any atom is -0.341 e. The topological polar surface area (TPSA) is 46.3 Å². The van der Waals surface area contributed by atoms with Crippen LogP contribution in [-0.2, 0) is 4.79 Å². The van der Waals surface area contributed by atoms with Crippen molar-refractivity contribution >= 4 is 18.3 Å². The first-order valence-electron chi connectivity index (χ1n) is 6.14. The van der Waals surface area contributed by atoms with Gasteiger partial charge in [-0.15, -0.1) is 12.4 Å². The monoisotopic (exact) mass is 302 g/mol. The van der Waals surface area contributed by atoms with E-state index in [-0.39, 0.29) is 31.3 Å². The van der Waals surface area contributed by atoms with Crippen LogP contribution < -0.4 is 5.73 Å². The van der Waals surface area contributed by atoms with Gasteiger partial charge in [0.15, 0.2) is 0 Å². The number of amides is 1. The standard InChI is InChI=1S/C12H21F3N2O.ClH/c1-11(2,3)9(16)10(18)17-6-4-5-8(7-17)12(13,14)15;/h8-9H,4-7,16H2,1-3H3;1H/t8?,9-;/m1./s1. The summed E-state index contributed by atoms with van der Waals surface area (Å²) in [7, 11) is 0. The molecule has 1 rings (SSSR count). The molecule has 1 unspecified atom stereocenters. The number of hydrogen-bond donors (Lipinski definition) is 1. The summed E-state index contributed by atoms with van der Waals surface area (Å²) in [4.78, 5) is 13.3. The van der Waals surface area contributed by atoms with Crippen LogP contribution in [0, 0.1) is 11.3 Å². The summed E-state index contributed by atoms with van der Waals surface area (Å²) in [5.74, 6) is -1.79. The summed E-state index contributed by atoms with van der Waals surface area (Å²) in [5.41, 5.74) is 5.36. The number of carbonyl (C=O) groups is 1. The van der Waals surface area contributed by atoms with Gasteiger partial charge in [-0.1, -0.05) is 20.8 Å². The Morgan fingerprint density at radius 3 is 2.26 bits per heavy atom. The smallest absolute Gasteiger partial charge is 0.341 e. The lowest BCUT2D eigenvalue weighted by Crippen LogP contribution is -2.54. The van der Waals surface area contributed by atoms with Gasteiger partial charge in [0.2, 0.25) is 5.91 Å². The molecule has 1 aliphatic rings. The third kappa shape index (κ3) is 4.84. The SMILES string of the molecule is CC(C)(C)[C@H](N)C(=O)N1CCCC(C(F)(F)F)C1.Cl. The zero-order chi connectivity index (χ0) is 14.1. The molecule has 7 heteroatoms. The molecule has 0 saturated carbocycles. The fraction of sp³-hybridized carbons (Fsp3) is 0.917. The van der Waals surface area contributed by atoms with Gasteiger partial charge < -0.3 is 10.6 Å². The van der Waals surface area contributed by atoms with Crippen molar-refractivity contribution < 1.29 is 18.0 Å². The number of piperidine rings is 1. The predicted octanol–water partition coefficient (Wildman–Crippen LogP) is 2.58. The second kappa shape index (κ2) is 6.31. The molecular formula is C12H22ClF3N2O. The van der Waals surface area contributed by atoms with Gasteiger partial charge in [-0.25, -0.2) is 0 Å². The van der Waals surface area contributed by atoms with E-state index >= 15 is 0 Å². The lowest BCUT2D eigenvalue weighted by molar-refractivity contribution is -0.188. The molecule has 1 aliphatic heterocycles. The average molecular weight is 303 g/mol. The van der Waals surface area contributed by atoms with Crippen molar-refractivity contribution in [3.63, 3.8) is 0 Å². The molecule has 1 heterocycles. The van der Waals surface area contributed by atoms with Crippen LogP contribution in [0.4, 0.5) is 13.2 Å². The quantitative estimate of drug-likeness (QED) is 0.809. The summed E-state index contributed by atoms with van der Waals surface area (Å²) in [6.07, 6.45) is -3.75. The third-order valence-electron chi connectivity index (χ3n) is 3.40. The number of alkyl halides is 3. The van der Waals surface area contributed by atoms with Crippen molar-refractivity contribution in [2.75, 3.05) is 13.1 Å². The molecular weight excluding hydrogens is 281 g/mol. The Morgan fingerprint density at radius 1 is 1.32 bits per heavy atom. The van der Waals surface area contributed by atoms with Gasteiger partial charge >= 0.3 is 6.18 Å². The van der Waals surface area contributed by atoms with Crippen molar-refractivity contribution in [3.8, 4) is 0 Å². The van der Waals surface area contributed by atoms with Crippen LogP contribution in [-0.4, -0.2) is 36.1 Å². The van der Waals surface area contributed by atoms with Crippen molar-refractivity contribution in [1.82, 2.24) is 4.90 Å². The molecule has 1 fully saturated rings. The Hall–Kier alpha value is -0.490. The van der Waals surface area contributed by atoms with Crippen LogP contribution >= 0.6 is 12.4 Å². The van der Waals surface area contributed by atoms with Crippen LogP contribution in [0.25, 0.3) is 0 Å². The number of hydrogen-bond acceptors (Lipinski definition) is 2. The molecule has 0 spiro atoms. The Bertz CT molecular complexity index is 315. The fourth-order valence-electron chi connectivity index (χ4n) is 2.01. The number of halogens is 4. The van der Waals surface area contributed by atoms with E-state index in [1.54, 1.807) is 20.8 Å². The van der Waals surface area contributed by atoms with E-state index in [9.17, 15) is 18.0 Å². The average Bonchev–Trinajstić information content (AvgIpc) is 2.25. The van der Waals surface area contributed by atoms with E-state index in [2.05, 4.69) is 0 Å². The van der Waals surface area contributed by atoms with Gasteiger partial charge in [0.25, 0.3) is 0 Å². The van der Waals surface area contributed by atoms with Crippen LogP contribution in [0.5, 0.6) is 0 Å². The Balaban J connectivity index is 0.00000324. The number of nitrogens with zero attached hydrogens (tertiary/aromatic N) is 1. The maximum absolute atomic E-state index is 12.6. The van der Waals surface area contributed by atoms with Gasteiger partial charge in [0, 0.05) is 13.1 Å². The first-order valence-corrected chi connectivity index (χ1v) is 6.14. The van der Waals surface area contributed by atoms with Gasteiger partial charge in [-0.2, -0.15) is 13.2 Å². The molecule has 2 atom stereocenters. The third-order valence-corrected chi connectivity index (χ3v) is 3.40. The minimum absolute atomic E-state index is 0. The first kappa shape index (κ1) is 18.5. The van der Waals surface area contributed by atoms with Crippen molar-refractivity contribution in [3.05, 3.63) is 0 Å². The maximum atomic E-state index is 12.6. The summed E-state index contributed by atoms with van der Waals surface area (Å²) in [6.45, 7) is 5.53. The summed E-state index contributed by atoms with van der Waals surface area (Å²) in [6, 6.07) is -0.760. The molecule has 1 saturated heterocycles. The maximum Gasteiger partial charge on any atom is 0.393 e. The predicted molar refractivity (Wildman–Crippen MR) is 70.0 cm³/mol. The zero-order valence-electron chi connectivity index (χ0n) is 11.5. The summed E-state index contributed by atoms with van der Waals surface area (Å²) < 4.78 is 37.9. The van der Waals surface area contributed by atoms with Crippen LogP contribution in [0.3, 0.4) is 0 Å².